The van der Waals surface area contributed by atoms with Gasteiger partial charge in [0.05, 0.1) is 5.69 Å². The molecule has 0 spiro atoms. The number of anilines is 1. The van der Waals surface area contributed by atoms with E-state index in [2.05, 4.69) is 45.6 Å². The van der Waals surface area contributed by atoms with Gasteiger partial charge in [-0.05, 0) is 36.4 Å². The van der Waals surface area contributed by atoms with Crippen molar-refractivity contribution < 1.29 is 0 Å². The normalized spacial score (nSPS) is 15.3. The lowest BCUT2D eigenvalue weighted by Gasteiger charge is -2.33. The fourth-order valence-corrected chi connectivity index (χ4v) is 4.56. The van der Waals surface area contributed by atoms with Gasteiger partial charge in [0.2, 0.25) is 0 Å². The average Bonchev–Trinajstić information content (AvgIpc) is 3.20. The summed E-state index contributed by atoms with van der Waals surface area (Å²) in [5.74, 6) is 0.893. The molecule has 5 rings (SSSR count). The molecule has 5 nitrogen and oxygen atoms in total. The van der Waals surface area contributed by atoms with E-state index in [1.54, 1.807) is 10.7 Å². The monoisotopic (exact) mass is 441 g/mol. The van der Waals surface area contributed by atoms with E-state index in [0.717, 1.165) is 56.0 Å². The summed E-state index contributed by atoms with van der Waals surface area (Å²) in [6, 6.07) is 20.8. The number of aromatic nitrogens is 3. The molecular weight excluding hydrogens is 417 g/mol. The van der Waals surface area contributed by atoms with Crippen molar-refractivity contribution in [3.63, 3.8) is 0 Å². The molecule has 1 fully saturated rings. The lowest BCUT2D eigenvalue weighted by Crippen LogP contribution is -2.40. The number of halogens is 1. The summed E-state index contributed by atoms with van der Waals surface area (Å²) in [4.78, 5) is 7.28. The van der Waals surface area contributed by atoms with Crippen LogP contribution in [0.3, 0.4) is 0 Å². The van der Waals surface area contributed by atoms with Gasteiger partial charge in [0.1, 0.15) is 13.7 Å². The van der Waals surface area contributed by atoms with Crippen LogP contribution in [-0.2, 0) is 6.42 Å². The average molecular weight is 442 g/mol. The van der Waals surface area contributed by atoms with Gasteiger partial charge in [0.15, 0.2) is 5.65 Å². The first-order valence-electron chi connectivity index (χ1n) is 11.1. The van der Waals surface area contributed by atoms with Gasteiger partial charge in [-0.3, -0.25) is 0 Å². The van der Waals surface area contributed by atoms with Crippen LogP contribution in [0.15, 0.2) is 66.9 Å². The van der Waals surface area contributed by atoms with Crippen LogP contribution in [0.4, 0.5) is 5.82 Å². The number of hydrogen-bond donors (Lipinski definition) is 1. The number of nitrogens with zero attached hydrogens (tertiary/aromatic N) is 4. The van der Waals surface area contributed by atoms with E-state index in [1.807, 2.05) is 30.3 Å². The first-order valence-corrected chi connectivity index (χ1v) is 11.5. The van der Waals surface area contributed by atoms with Crippen LogP contribution in [0.5, 0.6) is 0 Å². The molecule has 4 aromatic rings. The molecule has 0 saturated carbocycles. The van der Waals surface area contributed by atoms with Crippen LogP contribution in [0.25, 0.3) is 16.9 Å². The third-order valence-electron chi connectivity index (χ3n) is 6.15. The van der Waals surface area contributed by atoms with Crippen molar-refractivity contribution in [2.75, 3.05) is 25.0 Å². The summed E-state index contributed by atoms with van der Waals surface area (Å²) in [7, 11) is 6.15. The number of rotatable bonds is 6. The topological polar surface area (TPSA) is 45.5 Å². The maximum absolute atomic E-state index is 6.44. The Kier molecular flexibility index (Phi) is 6.15. The predicted molar refractivity (Wildman–Crippen MR) is 132 cm³/mol. The number of nitrogens with one attached hydrogen (secondary N) is 1. The Bertz CT molecular complexity index is 1200. The Morgan fingerprint density at radius 2 is 1.78 bits per heavy atom. The van der Waals surface area contributed by atoms with Gasteiger partial charge in [-0.1, -0.05) is 60.1 Å². The molecule has 0 bridgehead atoms. The minimum atomic E-state index is 0.373. The Morgan fingerprint density at radius 1 is 1.03 bits per heavy atom. The number of fused-ring (bicyclic) bond motifs is 1. The molecule has 7 heteroatoms. The molecule has 2 radical (unpaired) electrons. The highest BCUT2D eigenvalue weighted by molar-refractivity contribution is 6.36. The van der Waals surface area contributed by atoms with E-state index in [1.165, 1.54) is 5.56 Å². The number of hydrogen-bond acceptors (Lipinski definition) is 4. The first-order chi connectivity index (χ1) is 15.7. The van der Waals surface area contributed by atoms with Crippen molar-refractivity contribution in [1.82, 2.24) is 19.5 Å². The third kappa shape index (κ3) is 4.52. The van der Waals surface area contributed by atoms with Crippen molar-refractivity contribution in [1.29, 1.82) is 0 Å². The fourth-order valence-electron chi connectivity index (χ4n) is 4.33. The van der Waals surface area contributed by atoms with Crippen LogP contribution in [0.1, 0.15) is 18.4 Å². The third-order valence-corrected chi connectivity index (χ3v) is 6.48. The van der Waals surface area contributed by atoms with Crippen LogP contribution in [-0.4, -0.2) is 53.0 Å². The largest absolute Gasteiger partial charge is 0.367 e. The highest BCUT2D eigenvalue weighted by atomic mass is 35.5. The lowest BCUT2D eigenvalue weighted by atomic mass is 10.0. The number of likely N-dealkylation sites (tertiary alicyclic amines) is 1. The SMILES string of the molecule is [B]c1cnn2c(NC3CCN(CCc4ccccc4)CC3)cc(-c3ccccc3Cl)nc12. The summed E-state index contributed by atoms with van der Waals surface area (Å²) in [6.45, 7) is 3.26. The standard InChI is InChI=1S/C25H25BClN5/c26-21-17-28-32-24(16-23(30-25(21)32)20-8-4-5-9-22(20)27)29-19-11-14-31(15-12-19)13-10-18-6-2-1-3-7-18/h1-9,16-17,19,29H,10-15H2. The molecule has 2 aromatic heterocycles. The van der Waals surface area contributed by atoms with Crippen molar-refractivity contribution in [3.8, 4) is 11.3 Å². The van der Waals surface area contributed by atoms with Gasteiger partial charge >= 0.3 is 0 Å². The maximum atomic E-state index is 6.44. The number of benzene rings is 2. The Morgan fingerprint density at radius 3 is 2.56 bits per heavy atom. The zero-order valence-electron chi connectivity index (χ0n) is 17.9. The highest BCUT2D eigenvalue weighted by Crippen LogP contribution is 2.29. The molecule has 1 aliphatic rings. The zero-order valence-corrected chi connectivity index (χ0v) is 18.7. The molecule has 1 aliphatic heterocycles. The van der Waals surface area contributed by atoms with E-state index in [-0.39, 0.29) is 0 Å². The van der Waals surface area contributed by atoms with Gasteiger partial charge in [0.25, 0.3) is 0 Å². The lowest BCUT2D eigenvalue weighted by molar-refractivity contribution is 0.221. The summed E-state index contributed by atoms with van der Waals surface area (Å²) < 4.78 is 1.79. The van der Waals surface area contributed by atoms with Crippen LogP contribution >= 0.6 is 11.6 Å². The van der Waals surface area contributed by atoms with Gasteiger partial charge in [-0.15, -0.1) is 0 Å². The number of piperidine rings is 1. The van der Waals surface area contributed by atoms with E-state index >= 15 is 0 Å². The van der Waals surface area contributed by atoms with Crippen LogP contribution < -0.4 is 10.8 Å². The molecule has 32 heavy (non-hydrogen) atoms. The van der Waals surface area contributed by atoms with Crippen molar-refractivity contribution in [2.24, 2.45) is 0 Å². The molecule has 1 N–H and O–H groups in total. The van der Waals surface area contributed by atoms with Crippen LogP contribution in [0.2, 0.25) is 5.02 Å². The summed E-state index contributed by atoms with van der Waals surface area (Å²) in [5, 5.41) is 8.81. The predicted octanol–water partition coefficient (Wildman–Crippen LogP) is 3.96. The Balaban J connectivity index is 1.30. The smallest absolute Gasteiger partial charge is 0.150 e. The quantitative estimate of drug-likeness (QED) is 0.460. The van der Waals surface area contributed by atoms with Crippen molar-refractivity contribution in [2.45, 2.75) is 25.3 Å². The highest BCUT2D eigenvalue weighted by Gasteiger charge is 2.21. The molecule has 1 saturated heterocycles. The molecule has 2 aromatic carbocycles. The van der Waals surface area contributed by atoms with E-state index < -0.39 is 0 Å². The minimum Gasteiger partial charge on any atom is -0.367 e. The minimum absolute atomic E-state index is 0.373. The molecule has 0 amide bonds. The fraction of sp³-hybridized carbons (Fsp3) is 0.280. The molecule has 3 heterocycles. The van der Waals surface area contributed by atoms with E-state index in [9.17, 15) is 0 Å². The van der Waals surface area contributed by atoms with Gasteiger partial charge in [-0.2, -0.15) is 9.61 Å². The van der Waals surface area contributed by atoms with E-state index in [0.29, 0.717) is 22.2 Å². The molecule has 0 unspecified atom stereocenters. The van der Waals surface area contributed by atoms with Crippen molar-refractivity contribution in [3.05, 3.63) is 77.4 Å². The van der Waals surface area contributed by atoms with Crippen LogP contribution in [0, 0.1) is 0 Å². The maximum Gasteiger partial charge on any atom is 0.150 e. The first kappa shape index (κ1) is 21.0. The summed E-state index contributed by atoms with van der Waals surface area (Å²) >= 11 is 6.44. The summed E-state index contributed by atoms with van der Waals surface area (Å²) in [6.07, 6.45) is 4.90. The van der Waals surface area contributed by atoms with Crippen molar-refractivity contribution >= 4 is 36.4 Å². The summed E-state index contributed by atoms with van der Waals surface area (Å²) in [5.41, 5.74) is 4.27. The van der Waals surface area contributed by atoms with Gasteiger partial charge in [-0.25, -0.2) is 4.98 Å². The van der Waals surface area contributed by atoms with Gasteiger partial charge < -0.3 is 10.2 Å². The Labute approximate surface area is 194 Å². The second-order valence-electron chi connectivity index (χ2n) is 8.34. The molecule has 160 valence electrons. The second-order valence-corrected chi connectivity index (χ2v) is 8.74. The zero-order chi connectivity index (χ0) is 21.9. The second kappa shape index (κ2) is 9.35. The van der Waals surface area contributed by atoms with Gasteiger partial charge in [0, 0.05) is 48.5 Å². The van der Waals surface area contributed by atoms with E-state index in [4.69, 9.17) is 24.4 Å². The molecule has 0 aliphatic carbocycles. The molecule has 0 atom stereocenters. The molecular formula is C25H25BClN5. The Hall–Kier alpha value is -2.83.